The zero-order valence-electron chi connectivity index (χ0n) is 22.9. The first-order chi connectivity index (χ1) is 20.2. The third-order valence-electron chi connectivity index (χ3n) is 7.52. The van der Waals surface area contributed by atoms with E-state index in [0.717, 1.165) is 36.8 Å². The molecule has 1 aliphatic carbocycles. The number of aromatic nitrogens is 4. The van der Waals surface area contributed by atoms with Crippen molar-refractivity contribution in [2.75, 3.05) is 18.6 Å². The number of hydrogen-bond donors (Lipinski definition) is 1. The molecule has 3 heterocycles. The number of nitriles is 1. The molecular weight excluding hydrogens is 547 g/mol. The Balaban J connectivity index is 0.00000368. The van der Waals surface area contributed by atoms with Crippen molar-refractivity contribution in [2.45, 2.75) is 38.0 Å². The van der Waals surface area contributed by atoms with Crippen LogP contribution in [0.1, 0.15) is 52.9 Å². The lowest BCUT2D eigenvalue weighted by Crippen LogP contribution is -2.33. The second kappa shape index (κ2) is 10.7. The number of fused-ring (bicyclic) bond motifs is 1. The second-order valence-electron chi connectivity index (χ2n) is 10.5. The number of nitrogens with zero attached hydrogens (tertiary/aromatic N) is 6. The highest BCUT2D eigenvalue weighted by molar-refractivity contribution is 6.10. The smallest absolute Gasteiger partial charge is 0.323 e. The lowest BCUT2D eigenvalue weighted by Gasteiger charge is -2.18. The number of hydrogen-bond acceptors (Lipinski definition) is 7. The molecule has 12 heteroatoms. The summed E-state index contributed by atoms with van der Waals surface area (Å²) in [6.45, 7) is -0.840. The standard InChI is InChI=1S/C30H26F3N7O2.H2/c1-39-16-36-38-28(39)22-7-17(12-34)3-6-21(22)20-10-26(19-4-5-19)37-27(11-20)40-14-24-23(29(40)41)8-18(9-25(24)31)13-35-15-30(32,33)42-2;/h3,6-11,16,19,35H,4-5,13-15H2,1-2H3;1H. The summed E-state index contributed by atoms with van der Waals surface area (Å²) < 4.78 is 47.9. The largest absolute Gasteiger partial charge is 0.367 e. The van der Waals surface area contributed by atoms with E-state index < -0.39 is 24.4 Å². The monoisotopic (exact) mass is 575 g/mol. The van der Waals surface area contributed by atoms with Crippen LogP contribution in [0.25, 0.3) is 22.5 Å². The van der Waals surface area contributed by atoms with Gasteiger partial charge in [-0.25, -0.2) is 9.37 Å². The predicted octanol–water partition coefficient (Wildman–Crippen LogP) is 5.17. The summed E-state index contributed by atoms with van der Waals surface area (Å²) in [6.07, 6.45) is 0.161. The lowest BCUT2D eigenvalue weighted by molar-refractivity contribution is -0.216. The Morgan fingerprint density at radius 2 is 1.98 bits per heavy atom. The fraction of sp³-hybridized carbons (Fsp3) is 0.300. The van der Waals surface area contributed by atoms with E-state index in [1.807, 2.05) is 19.2 Å². The summed E-state index contributed by atoms with van der Waals surface area (Å²) in [6, 6.07) is 14.0. The second-order valence-corrected chi connectivity index (χ2v) is 10.5. The Morgan fingerprint density at radius 3 is 2.67 bits per heavy atom. The quantitative estimate of drug-likeness (QED) is 0.293. The topological polar surface area (TPSA) is 109 Å². The van der Waals surface area contributed by atoms with E-state index in [-0.39, 0.29) is 31.6 Å². The molecule has 1 saturated carbocycles. The normalized spacial score (nSPS) is 14.8. The molecule has 42 heavy (non-hydrogen) atoms. The minimum atomic E-state index is -3.36. The molecule has 6 rings (SSSR count). The van der Waals surface area contributed by atoms with E-state index in [4.69, 9.17) is 4.98 Å². The molecule has 1 amide bonds. The third-order valence-corrected chi connectivity index (χ3v) is 7.52. The summed E-state index contributed by atoms with van der Waals surface area (Å²) in [4.78, 5) is 19.8. The summed E-state index contributed by atoms with van der Waals surface area (Å²) in [5.41, 5.74) is 4.30. The zero-order valence-corrected chi connectivity index (χ0v) is 22.9. The van der Waals surface area contributed by atoms with Gasteiger partial charge in [-0.3, -0.25) is 9.69 Å². The minimum absolute atomic E-state index is 0. The van der Waals surface area contributed by atoms with E-state index in [1.165, 1.54) is 17.0 Å². The van der Waals surface area contributed by atoms with Crippen molar-refractivity contribution in [1.29, 1.82) is 5.26 Å². The molecule has 2 aromatic carbocycles. The van der Waals surface area contributed by atoms with Gasteiger partial charge in [0.1, 0.15) is 18.0 Å². The molecule has 0 saturated heterocycles. The first-order valence-corrected chi connectivity index (χ1v) is 13.3. The van der Waals surface area contributed by atoms with Crippen LogP contribution >= 0.6 is 0 Å². The van der Waals surface area contributed by atoms with Crippen LogP contribution in [0.15, 0.2) is 48.8 Å². The maximum atomic E-state index is 15.2. The van der Waals surface area contributed by atoms with Crippen molar-refractivity contribution in [3.63, 3.8) is 0 Å². The van der Waals surface area contributed by atoms with Crippen LogP contribution < -0.4 is 10.2 Å². The Kier molecular flexibility index (Phi) is 7.00. The van der Waals surface area contributed by atoms with Crippen LogP contribution in [0.3, 0.4) is 0 Å². The van der Waals surface area contributed by atoms with E-state index in [1.54, 1.807) is 29.1 Å². The number of carbonyl (C=O) groups is 1. The number of alkyl halides is 2. The number of methoxy groups -OCH3 is 1. The van der Waals surface area contributed by atoms with Crippen molar-refractivity contribution in [3.05, 3.63) is 82.6 Å². The molecule has 2 aliphatic rings. The van der Waals surface area contributed by atoms with Gasteiger partial charge < -0.3 is 14.6 Å². The van der Waals surface area contributed by atoms with Gasteiger partial charge in [0.25, 0.3) is 5.91 Å². The van der Waals surface area contributed by atoms with Crippen molar-refractivity contribution in [2.24, 2.45) is 7.05 Å². The fourth-order valence-electron chi connectivity index (χ4n) is 5.13. The van der Waals surface area contributed by atoms with E-state index >= 15 is 4.39 Å². The molecule has 1 N–H and O–H groups in total. The fourth-order valence-corrected chi connectivity index (χ4v) is 5.13. The van der Waals surface area contributed by atoms with Gasteiger partial charge in [-0.05, 0) is 65.9 Å². The SMILES string of the molecule is COC(F)(F)CNCc1cc(F)c2c(c1)C(=O)N(c1cc(-c3ccc(C#N)cc3-c3nncn3C)cc(C3CC3)n1)C2.[HH]. The van der Waals surface area contributed by atoms with Crippen molar-refractivity contribution in [3.8, 4) is 28.6 Å². The minimum Gasteiger partial charge on any atom is -0.323 e. The van der Waals surface area contributed by atoms with Gasteiger partial charge >= 0.3 is 6.11 Å². The number of amides is 1. The van der Waals surface area contributed by atoms with Gasteiger partial charge in [0.2, 0.25) is 0 Å². The van der Waals surface area contributed by atoms with Gasteiger partial charge in [-0.1, -0.05) is 6.07 Å². The van der Waals surface area contributed by atoms with Crippen molar-refractivity contribution < 1.29 is 24.1 Å². The Morgan fingerprint density at radius 1 is 1.17 bits per heavy atom. The average molecular weight is 576 g/mol. The lowest BCUT2D eigenvalue weighted by atomic mass is 9.96. The third kappa shape index (κ3) is 5.24. The van der Waals surface area contributed by atoms with Crippen LogP contribution in [0.2, 0.25) is 0 Å². The van der Waals surface area contributed by atoms with Crippen LogP contribution in [-0.2, 0) is 24.9 Å². The molecule has 0 bridgehead atoms. The van der Waals surface area contributed by atoms with Crippen molar-refractivity contribution in [1.82, 2.24) is 25.1 Å². The molecule has 0 spiro atoms. The van der Waals surface area contributed by atoms with Gasteiger partial charge in [0.05, 0.1) is 24.7 Å². The van der Waals surface area contributed by atoms with E-state index in [2.05, 4.69) is 26.3 Å². The number of halogens is 3. The highest BCUT2D eigenvalue weighted by Gasteiger charge is 2.34. The molecule has 1 fully saturated rings. The van der Waals surface area contributed by atoms with E-state index in [0.29, 0.717) is 28.3 Å². The molecule has 216 valence electrons. The molecule has 9 nitrogen and oxygen atoms in total. The first-order valence-electron chi connectivity index (χ1n) is 13.3. The van der Waals surface area contributed by atoms with Crippen LogP contribution in [0.4, 0.5) is 19.0 Å². The van der Waals surface area contributed by atoms with Crippen LogP contribution in [0, 0.1) is 17.1 Å². The first kappa shape index (κ1) is 27.6. The zero-order chi connectivity index (χ0) is 29.6. The Hall–Kier alpha value is -4.60. The molecule has 0 unspecified atom stereocenters. The van der Waals surface area contributed by atoms with Gasteiger partial charge in [0, 0.05) is 50.4 Å². The highest BCUT2D eigenvalue weighted by Crippen LogP contribution is 2.43. The van der Waals surface area contributed by atoms with Crippen LogP contribution in [0.5, 0.6) is 0 Å². The maximum Gasteiger partial charge on any atom is 0.367 e. The number of benzene rings is 2. The highest BCUT2D eigenvalue weighted by atomic mass is 19.3. The number of anilines is 1. The predicted molar refractivity (Wildman–Crippen MR) is 149 cm³/mol. The molecule has 4 aromatic rings. The van der Waals surface area contributed by atoms with Gasteiger partial charge in [-0.2, -0.15) is 14.0 Å². The number of ether oxygens (including phenoxy) is 1. The number of pyridine rings is 1. The number of nitrogens with one attached hydrogen (secondary N) is 1. The molecular formula is C30H28F3N7O2. The molecule has 1 aliphatic heterocycles. The summed E-state index contributed by atoms with van der Waals surface area (Å²) in [5, 5.41) is 20.3. The Bertz CT molecular complexity index is 1750. The molecule has 2 aromatic heterocycles. The number of aryl methyl sites for hydroxylation is 1. The van der Waals surface area contributed by atoms with Crippen LogP contribution in [-0.4, -0.2) is 45.4 Å². The number of rotatable bonds is 9. The molecule has 0 atom stereocenters. The summed E-state index contributed by atoms with van der Waals surface area (Å²) >= 11 is 0. The van der Waals surface area contributed by atoms with E-state index in [9.17, 15) is 18.8 Å². The number of carbonyl (C=O) groups excluding carboxylic acids is 1. The summed E-state index contributed by atoms with van der Waals surface area (Å²) in [7, 11) is 2.72. The van der Waals surface area contributed by atoms with Gasteiger partial charge in [0.15, 0.2) is 5.82 Å². The Labute approximate surface area is 241 Å². The maximum absolute atomic E-state index is 15.2. The van der Waals surface area contributed by atoms with Crippen molar-refractivity contribution >= 4 is 11.7 Å². The van der Waals surface area contributed by atoms with Gasteiger partial charge in [-0.15, -0.1) is 10.2 Å². The molecule has 0 radical (unpaired) electrons. The summed E-state index contributed by atoms with van der Waals surface area (Å²) in [5.74, 6) is 0.189. The average Bonchev–Trinajstić information content (AvgIpc) is 3.67.